The summed E-state index contributed by atoms with van der Waals surface area (Å²) in [6.07, 6.45) is -8.30. The topological polar surface area (TPSA) is 135 Å². The fraction of sp³-hybridized carbons (Fsp3) is 0.318. The highest BCUT2D eigenvalue weighted by Gasteiger charge is 2.34. The molecule has 0 aliphatic carbocycles. The van der Waals surface area contributed by atoms with Gasteiger partial charge in [-0.3, -0.25) is 0 Å². The van der Waals surface area contributed by atoms with Crippen molar-refractivity contribution in [2.75, 3.05) is 69.3 Å². The van der Waals surface area contributed by atoms with E-state index in [0.29, 0.717) is 32.6 Å². The van der Waals surface area contributed by atoms with Crippen LogP contribution in [0.1, 0.15) is 28.1 Å². The quantitative estimate of drug-likeness (QED) is 0.103. The first-order chi connectivity index (χ1) is 31.8. The molecule has 0 spiro atoms. The van der Waals surface area contributed by atoms with Crippen LogP contribution in [0, 0.1) is 6.92 Å². The number of piperazine rings is 2. The van der Waals surface area contributed by atoms with E-state index in [1.54, 1.807) is 7.11 Å². The number of sulfonamides is 2. The van der Waals surface area contributed by atoms with Gasteiger partial charge in [-0.05, 0) is 67.1 Å². The standard InChI is InChI=1S/C22H22F3N3O4S2.C22H22F3N3O3S2/c1-31-20-5-3-2-4-16(20)14-17-15-33-21(26-17)27-10-12-28(13-11-27)34(29,30)19-8-6-18(7-9-19)32-22(23,24)25;1-16-3-2-4-17(13-16)14-18-15-32-21(26-18)27-9-11-28(12-10-27)33(29,30)20-7-5-19(6-8-20)31-22(23,24)25/h2-9,15H,10-14H2,1H3;2-8,13,15H,9-12,14H2,1H3. The smallest absolute Gasteiger partial charge is 0.496 e. The molecule has 0 amide bonds. The van der Waals surface area contributed by atoms with Crippen molar-refractivity contribution in [2.45, 2.75) is 42.3 Å². The number of ether oxygens (including phenoxy) is 3. The number of rotatable bonds is 13. The van der Waals surface area contributed by atoms with Crippen molar-refractivity contribution in [1.82, 2.24) is 18.6 Å². The summed E-state index contributed by atoms with van der Waals surface area (Å²) in [6, 6.07) is 24.5. The van der Waals surface area contributed by atoms with Gasteiger partial charge in [0.15, 0.2) is 10.3 Å². The zero-order valence-corrected chi connectivity index (χ0v) is 39.2. The molecule has 0 saturated carbocycles. The van der Waals surface area contributed by atoms with E-state index in [1.165, 1.54) is 42.4 Å². The van der Waals surface area contributed by atoms with Crippen LogP contribution >= 0.6 is 22.7 Å². The molecule has 8 rings (SSSR count). The summed E-state index contributed by atoms with van der Waals surface area (Å²) in [5, 5.41) is 5.67. The Morgan fingerprint density at radius 1 is 0.582 bits per heavy atom. The fourth-order valence-electron chi connectivity index (χ4n) is 7.29. The number of benzene rings is 4. The van der Waals surface area contributed by atoms with Crippen molar-refractivity contribution in [3.63, 3.8) is 0 Å². The molecule has 2 fully saturated rings. The second-order valence-corrected chi connectivity index (χ2v) is 20.8. The fourth-order valence-corrected chi connectivity index (χ4v) is 11.9. The highest BCUT2D eigenvalue weighted by Crippen LogP contribution is 2.31. The zero-order chi connectivity index (χ0) is 48.0. The molecule has 2 aliphatic heterocycles. The van der Waals surface area contributed by atoms with E-state index >= 15 is 0 Å². The second kappa shape index (κ2) is 20.8. The van der Waals surface area contributed by atoms with Gasteiger partial charge < -0.3 is 24.0 Å². The number of alkyl halides is 6. The van der Waals surface area contributed by atoms with Gasteiger partial charge in [-0.2, -0.15) is 8.61 Å². The van der Waals surface area contributed by atoms with E-state index in [-0.39, 0.29) is 36.0 Å². The first-order valence-electron chi connectivity index (χ1n) is 20.5. The Morgan fingerprint density at radius 2 is 1.03 bits per heavy atom. The number of nitrogens with zero attached hydrogens (tertiary/aromatic N) is 6. The van der Waals surface area contributed by atoms with E-state index in [4.69, 9.17) is 14.7 Å². The third-order valence-corrected chi connectivity index (χ3v) is 16.2. The highest BCUT2D eigenvalue weighted by molar-refractivity contribution is 7.89. The summed E-state index contributed by atoms with van der Waals surface area (Å²) in [7, 11) is -6.02. The van der Waals surface area contributed by atoms with Crippen LogP contribution < -0.4 is 24.0 Å². The Bertz CT molecular complexity index is 2810. The van der Waals surface area contributed by atoms with Crippen LogP contribution in [0.3, 0.4) is 0 Å². The van der Waals surface area contributed by atoms with E-state index in [0.717, 1.165) is 87.9 Å². The number of aryl methyl sites for hydroxylation is 1. The van der Waals surface area contributed by atoms with Gasteiger partial charge in [0.25, 0.3) is 0 Å². The van der Waals surface area contributed by atoms with Crippen LogP contribution in [-0.4, -0.2) is 108 Å². The van der Waals surface area contributed by atoms with Crippen molar-refractivity contribution in [2.24, 2.45) is 0 Å². The number of hydrogen-bond donors (Lipinski definition) is 0. The van der Waals surface area contributed by atoms with E-state index in [1.807, 2.05) is 59.0 Å². The van der Waals surface area contributed by atoms with Gasteiger partial charge in [-0.15, -0.1) is 49.0 Å². The Hall–Kier alpha value is -5.46. The molecule has 0 N–H and O–H groups in total. The third-order valence-electron chi connectivity index (χ3n) is 10.5. The molecule has 2 saturated heterocycles. The minimum absolute atomic E-state index is 0.0693. The molecule has 358 valence electrons. The lowest BCUT2D eigenvalue weighted by Crippen LogP contribution is -2.48. The molecule has 67 heavy (non-hydrogen) atoms. The first-order valence-corrected chi connectivity index (χ1v) is 25.2. The minimum Gasteiger partial charge on any atom is -0.496 e. The highest BCUT2D eigenvalue weighted by atomic mass is 32.2. The molecule has 4 heterocycles. The van der Waals surface area contributed by atoms with Gasteiger partial charge in [0.05, 0.1) is 28.3 Å². The SMILES string of the molecule is COc1ccccc1Cc1csc(N2CCN(S(=O)(=O)c3ccc(OC(F)(F)F)cc3)CC2)n1.Cc1cccc(Cc2csc(N3CCN(S(=O)(=O)c4ccc(OC(F)(F)F)cc4)CC3)n2)c1. The monoisotopic (exact) mass is 1010 g/mol. The van der Waals surface area contributed by atoms with Crippen molar-refractivity contribution < 1.29 is 57.4 Å². The predicted molar refractivity (Wildman–Crippen MR) is 242 cm³/mol. The average Bonchev–Trinajstić information content (AvgIpc) is 3.96. The van der Waals surface area contributed by atoms with Crippen LogP contribution in [-0.2, 0) is 32.9 Å². The molecule has 2 aromatic heterocycles. The Labute approximate surface area is 391 Å². The molecular formula is C44H44F6N6O7S4. The van der Waals surface area contributed by atoms with Gasteiger partial charge in [0.2, 0.25) is 20.0 Å². The van der Waals surface area contributed by atoms with Gasteiger partial charge in [0, 0.05) is 81.5 Å². The van der Waals surface area contributed by atoms with Crippen LogP contribution in [0.15, 0.2) is 118 Å². The second-order valence-electron chi connectivity index (χ2n) is 15.2. The number of para-hydroxylation sites is 1. The number of halogens is 6. The summed E-state index contributed by atoms with van der Waals surface area (Å²) >= 11 is 3.03. The maximum Gasteiger partial charge on any atom is 0.573 e. The van der Waals surface area contributed by atoms with E-state index in [9.17, 15) is 43.2 Å². The normalized spacial score (nSPS) is 15.5. The number of anilines is 2. The molecule has 4 aromatic carbocycles. The lowest BCUT2D eigenvalue weighted by molar-refractivity contribution is -0.275. The summed E-state index contributed by atoms with van der Waals surface area (Å²) < 4.78 is 141. The summed E-state index contributed by atoms with van der Waals surface area (Å²) in [6.45, 7) is 4.92. The van der Waals surface area contributed by atoms with Crippen molar-refractivity contribution >= 4 is 53.0 Å². The van der Waals surface area contributed by atoms with Crippen LogP contribution in [0.5, 0.6) is 17.2 Å². The lowest BCUT2D eigenvalue weighted by atomic mass is 10.1. The summed E-state index contributed by atoms with van der Waals surface area (Å²) in [5.74, 6) is -0.130. The lowest BCUT2D eigenvalue weighted by Gasteiger charge is -2.33. The van der Waals surface area contributed by atoms with Crippen molar-refractivity contribution in [3.05, 3.63) is 136 Å². The number of thiazole rings is 2. The van der Waals surface area contributed by atoms with Crippen LogP contribution in [0.4, 0.5) is 36.6 Å². The van der Waals surface area contributed by atoms with Gasteiger partial charge >= 0.3 is 12.7 Å². The number of methoxy groups -OCH3 is 1. The zero-order valence-electron chi connectivity index (χ0n) is 35.9. The molecule has 2 aliphatic rings. The van der Waals surface area contributed by atoms with Crippen LogP contribution in [0.2, 0.25) is 0 Å². The molecular weight excluding hydrogens is 967 g/mol. The molecule has 13 nitrogen and oxygen atoms in total. The Morgan fingerprint density at radius 3 is 1.46 bits per heavy atom. The number of hydrogen-bond acceptors (Lipinski definition) is 13. The molecule has 23 heteroatoms. The maximum atomic E-state index is 12.9. The van der Waals surface area contributed by atoms with Gasteiger partial charge in [-0.25, -0.2) is 26.8 Å². The predicted octanol–water partition coefficient (Wildman–Crippen LogP) is 8.60. The number of aromatic nitrogens is 2. The Balaban J connectivity index is 0.000000199. The Kier molecular flexibility index (Phi) is 15.4. The van der Waals surface area contributed by atoms with E-state index in [2.05, 4.69) is 26.5 Å². The third kappa shape index (κ3) is 13.2. The molecule has 0 bridgehead atoms. The molecule has 0 atom stereocenters. The largest absolute Gasteiger partial charge is 0.573 e. The van der Waals surface area contributed by atoms with Crippen molar-refractivity contribution in [1.29, 1.82) is 0 Å². The molecule has 0 unspecified atom stereocenters. The average molecular weight is 1010 g/mol. The minimum atomic E-state index is -4.83. The van der Waals surface area contributed by atoms with Crippen LogP contribution in [0.25, 0.3) is 0 Å². The van der Waals surface area contributed by atoms with Crippen molar-refractivity contribution in [3.8, 4) is 17.2 Å². The maximum absolute atomic E-state index is 12.9. The van der Waals surface area contributed by atoms with Gasteiger partial charge in [0.1, 0.15) is 17.2 Å². The first kappa shape index (κ1) is 49.4. The summed E-state index contributed by atoms with van der Waals surface area (Å²) in [5.41, 5.74) is 5.29. The van der Waals surface area contributed by atoms with E-state index < -0.39 is 44.3 Å². The van der Waals surface area contributed by atoms with Gasteiger partial charge in [-0.1, -0.05) is 48.0 Å². The molecule has 6 aromatic rings. The molecule has 0 radical (unpaired) electrons. The summed E-state index contributed by atoms with van der Waals surface area (Å²) in [4.78, 5) is 13.4.